The van der Waals surface area contributed by atoms with Crippen LogP contribution in [0.15, 0.2) is 12.1 Å². The van der Waals surface area contributed by atoms with Gasteiger partial charge >= 0.3 is 5.97 Å². The van der Waals surface area contributed by atoms with Gasteiger partial charge in [-0.2, -0.15) is 0 Å². The number of aromatic nitrogens is 1. The van der Waals surface area contributed by atoms with E-state index >= 15 is 0 Å². The first-order chi connectivity index (χ1) is 8.31. The van der Waals surface area contributed by atoms with Crippen LogP contribution in [-0.4, -0.2) is 28.0 Å². The fourth-order valence-electron chi connectivity index (χ4n) is 1.33. The second-order valence-electron chi connectivity index (χ2n) is 4.03. The maximum atomic E-state index is 11.8. The number of amides is 1. The van der Waals surface area contributed by atoms with Crippen LogP contribution in [0, 0.1) is 5.92 Å². The summed E-state index contributed by atoms with van der Waals surface area (Å²) in [5.41, 5.74) is 0.173. The van der Waals surface area contributed by atoms with Crippen molar-refractivity contribution in [3.8, 4) is 0 Å². The predicted molar refractivity (Wildman–Crippen MR) is 68.0 cm³/mol. The van der Waals surface area contributed by atoms with E-state index in [-0.39, 0.29) is 21.8 Å². The van der Waals surface area contributed by atoms with Gasteiger partial charge in [-0.05, 0) is 18.1 Å². The molecule has 0 aromatic carbocycles. The van der Waals surface area contributed by atoms with Crippen molar-refractivity contribution in [1.29, 1.82) is 0 Å². The highest BCUT2D eigenvalue weighted by Gasteiger charge is 2.24. The normalized spacial score (nSPS) is 12.3. The van der Waals surface area contributed by atoms with Gasteiger partial charge in [-0.25, -0.2) is 9.78 Å². The quantitative estimate of drug-likeness (QED) is 0.834. The van der Waals surface area contributed by atoms with Crippen molar-refractivity contribution in [2.75, 3.05) is 0 Å². The molecule has 0 fully saturated rings. The summed E-state index contributed by atoms with van der Waals surface area (Å²) in [6.45, 7) is 3.40. The third kappa shape index (κ3) is 3.85. The summed E-state index contributed by atoms with van der Waals surface area (Å²) < 4.78 is 0. The topological polar surface area (TPSA) is 79.3 Å². The molecule has 0 aliphatic heterocycles. The number of carboxylic acid groups (broad SMARTS) is 1. The van der Waals surface area contributed by atoms with Gasteiger partial charge in [-0.3, -0.25) is 4.79 Å². The van der Waals surface area contributed by atoms with E-state index in [4.69, 9.17) is 28.3 Å². The Morgan fingerprint density at radius 2 is 1.78 bits per heavy atom. The van der Waals surface area contributed by atoms with E-state index in [1.165, 1.54) is 12.1 Å². The fraction of sp³-hybridized carbons (Fsp3) is 0.364. The molecule has 7 heteroatoms. The fourth-order valence-corrected chi connectivity index (χ4v) is 1.79. The Morgan fingerprint density at radius 1 is 1.28 bits per heavy atom. The molecule has 98 valence electrons. The van der Waals surface area contributed by atoms with Gasteiger partial charge in [0.05, 0.1) is 0 Å². The van der Waals surface area contributed by atoms with Crippen molar-refractivity contribution in [3.05, 3.63) is 28.0 Å². The van der Waals surface area contributed by atoms with Crippen molar-refractivity contribution >= 4 is 35.1 Å². The van der Waals surface area contributed by atoms with Gasteiger partial charge in [0.25, 0.3) is 5.91 Å². The molecule has 1 rings (SSSR count). The zero-order valence-electron chi connectivity index (χ0n) is 9.78. The predicted octanol–water partition coefficient (Wildman–Crippen LogP) is 2.23. The number of hydrogen-bond acceptors (Lipinski definition) is 3. The number of halogens is 2. The molecule has 18 heavy (non-hydrogen) atoms. The molecule has 1 atom stereocenters. The number of nitrogens with zero attached hydrogens (tertiary/aromatic N) is 1. The molecule has 1 amide bonds. The summed E-state index contributed by atoms with van der Waals surface area (Å²) in [5.74, 6) is -1.88. The maximum Gasteiger partial charge on any atom is 0.326 e. The molecular weight excluding hydrogens is 279 g/mol. The molecule has 0 unspecified atom stereocenters. The summed E-state index contributed by atoms with van der Waals surface area (Å²) in [7, 11) is 0. The standard InChI is InChI=1S/C11H12Cl2N2O3/c1-5(2)9(11(17)18)15-10(16)6-3-7(12)14-8(13)4-6/h3-5,9H,1-2H3,(H,15,16)(H,17,18)/t9-/m1/s1. The summed E-state index contributed by atoms with van der Waals surface area (Å²) >= 11 is 11.3. The molecule has 2 N–H and O–H groups in total. The van der Waals surface area contributed by atoms with E-state index in [0.29, 0.717) is 0 Å². The third-order valence-electron chi connectivity index (χ3n) is 2.24. The number of aliphatic carboxylic acids is 1. The lowest BCUT2D eigenvalue weighted by Crippen LogP contribution is -2.44. The summed E-state index contributed by atoms with van der Waals surface area (Å²) in [6.07, 6.45) is 0. The lowest BCUT2D eigenvalue weighted by Gasteiger charge is -2.17. The largest absolute Gasteiger partial charge is 0.480 e. The number of carboxylic acids is 1. The smallest absolute Gasteiger partial charge is 0.326 e. The van der Waals surface area contributed by atoms with E-state index in [2.05, 4.69) is 10.3 Å². The summed E-state index contributed by atoms with van der Waals surface area (Å²) in [5, 5.41) is 11.5. The van der Waals surface area contributed by atoms with Gasteiger partial charge < -0.3 is 10.4 Å². The van der Waals surface area contributed by atoms with Crippen LogP contribution in [0.4, 0.5) is 0 Å². The highest BCUT2D eigenvalue weighted by molar-refractivity contribution is 6.33. The highest BCUT2D eigenvalue weighted by Crippen LogP contribution is 2.15. The monoisotopic (exact) mass is 290 g/mol. The maximum absolute atomic E-state index is 11.8. The highest BCUT2D eigenvalue weighted by atomic mass is 35.5. The number of carbonyl (C=O) groups excluding carboxylic acids is 1. The van der Waals surface area contributed by atoms with Crippen LogP contribution >= 0.6 is 23.2 Å². The van der Waals surface area contributed by atoms with Gasteiger partial charge in [0.2, 0.25) is 0 Å². The SMILES string of the molecule is CC(C)[C@@H](NC(=O)c1cc(Cl)nc(Cl)c1)C(=O)O. The van der Waals surface area contributed by atoms with Crippen molar-refractivity contribution < 1.29 is 14.7 Å². The van der Waals surface area contributed by atoms with E-state index in [1.807, 2.05) is 0 Å². The van der Waals surface area contributed by atoms with Crippen molar-refractivity contribution in [1.82, 2.24) is 10.3 Å². The molecule has 1 aromatic heterocycles. The molecule has 0 spiro atoms. The van der Waals surface area contributed by atoms with E-state index < -0.39 is 17.9 Å². The Morgan fingerprint density at radius 3 is 2.17 bits per heavy atom. The number of hydrogen-bond donors (Lipinski definition) is 2. The van der Waals surface area contributed by atoms with Gasteiger partial charge in [0.15, 0.2) is 0 Å². The lowest BCUT2D eigenvalue weighted by atomic mass is 10.0. The molecule has 5 nitrogen and oxygen atoms in total. The van der Waals surface area contributed by atoms with Crippen LogP contribution < -0.4 is 5.32 Å². The number of rotatable bonds is 4. The molecule has 0 saturated heterocycles. The Kier molecular flexibility index (Phi) is 4.93. The zero-order chi connectivity index (χ0) is 13.9. The third-order valence-corrected chi connectivity index (χ3v) is 2.63. The average Bonchev–Trinajstić information content (AvgIpc) is 2.23. The minimum absolute atomic E-state index is 0.0732. The minimum atomic E-state index is -1.09. The van der Waals surface area contributed by atoms with E-state index in [0.717, 1.165) is 0 Å². The van der Waals surface area contributed by atoms with Crippen LogP contribution in [0.2, 0.25) is 10.3 Å². The molecule has 1 aromatic rings. The van der Waals surface area contributed by atoms with Gasteiger partial charge in [-0.15, -0.1) is 0 Å². The van der Waals surface area contributed by atoms with Gasteiger partial charge in [-0.1, -0.05) is 37.0 Å². The Labute approximate surface area is 114 Å². The van der Waals surface area contributed by atoms with Crippen LogP contribution in [-0.2, 0) is 4.79 Å². The molecule has 0 bridgehead atoms. The Bertz CT molecular complexity index is 457. The first kappa shape index (κ1) is 14.7. The van der Waals surface area contributed by atoms with E-state index in [1.54, 1.807) is 13.8 Å². The lowest BCUT2D eigenvalue weighted by molar-refractivity contribution is -0.140. The van der Waals surface area contributed by atoms with Crippen molar-refractivity contribution in [2.24, 2.45) is 5.92 Å². The second-order valence-corrected chi connectivity index (χ2v) is 4.81. The number of nitrogens with one attached hydrogen (secondary N) is 1. The van der Waals surface area contributed by atoms with Gasteiger partial charge in [0, 0.05) is 5.56 Å². The van der Waals surface area contributed by atoms with Crippen LogP contribution in [0.5, 0.6) is 0 Å². The van der Waals surface area contributed by atoms with Crippen LogP contribution in [0.3, 0.4) is 0 Å². The molecule has 0 radical (unpaired) electrons. The molecular formula is C11H12Cl2N2O3. The zero-order valence-corrected chi connectivity index (χ0v) is 11.3. The average molecular weight is 291 g/mol. The first-order valence-electron chi connectivity index (χ1n) is 5.18. The number of pyridine rings is 1. The molecule has 0 aliphatic rings. The molecule has 0 aliphatic carbocycles. The number of carbonyl (C=O) groups is 2. The van der Waals surface area contributed by atoms with E-state index in [9.17, 15) is 9.59 Å². The Hall–Kier alpha value is -1.33. The first-order valence-corrected chi connectivity index (χ1v) is 5.93. The van der Waals surface area contributed by atoms with Gasteiger partial charge in [0.1, 0.15) is 16.3 Å². The molecule has 1 heterocycles. The summed E-state index contributed by atoms with van der Waals surface area (Å²) in [6, 6.07) is 1.67. The van der Waals surface area contributed by atoms with Crippen molar-refractivity contribution in [2.45, 2.75) is 19.9 Å². The van der Waals surface area contributed by atoms with Crippen LogP contribution in [0.1, 0.15) is 24.2 Å². The Balaban J connectivity index is 2.90. The minimum Gasteiger partial charge on any atom is -0.480 e. The molecule has 0 saturated carbocycles. The van der Waals surface area contributed by atoms with Crippen molar-refractivity contribution in [3.63, 3.8) is 0 Å². The summed E-state index contributed by atoms with van der Waals surface area (Å²) in [4.78, 5) is 26.5. The van der Waals surface area contributed by atoms with Crippen LogP contribution in [0.25, 0.3) is 0 Å². The second kappa shape index (κ2) is 6.02.